The molecule has 0 bridgehead atoms. The zero-order valence-electron chi connectivity index (χ0n) is 23.2. The van der Waals surface area contributed by atoms with E-state index in [-0.39, 0.29) is 12.5 Å². The number of alkyl carbamates (subject to hydrolysis) is 1. The zero-order valence-corrected chi connectivity index (χ0v) is 23.2. The number of carbonyl (C=O) groups excluding carboxylic acids is 2. The lowest BCUT2D eigenvalue weighted by molar-refractivity contribution is -0.118. The van der Waals surface area contributed by atoms with Crippen LogP contribution >= 0.6 is 0 Å². The molecule has 0 aliphatic heterocycles. The molecule has 204 valence electrons. The van der Waals surface area contributed by atoms with Crippen molar-refractivity contribution in [1.29, 1.82) is 0 Å². The zero-order chi connectivity index (χ0) is 28.0. The molecular formula is C28H43N5O4. The molecule has 0 radical (unpaired) electrons. The molecular weight excluding hydrogens is 470 g/mol. The number of allylic oxidation sites excluding steroid dienone is 4. The minimum Gasteiger partial charge on any atom is -0.497 e. The minimum atomic E-state index is -0.638. The number of rotatable bonds is 14. The van der Waals surface area contributed by atoms with E-state index in [4.69, 9.17) is 9.47 Å². The fraction of sp³-hybridized carbons (Fsp3) is 0.429. The van der Waals surface area contributed by atoms with Gasteiger partial charge in [0.25, 0.3) is 5.91 Å². The Kier molecular flexibility index (Phi) is 13.0. The van der Waals surface area contributed by atoms with Crippen LogP contribution in [-0.2, 0) is 9.53 Å². The van der Waals surface area contributed by atoms with Crippen LogP contribution in [0.15, 0.2) is 72.6 Å². The maximum atomic E-state index is 13.4. The van der Waals surface area contributed by atoms with E-state index in [9.17, 15) is 9.59 Å². The first-order valence-electron chi connectivity index (χ1n) is 12.2. The molecule has 0 aromatic heterocycles. The Labute approximate surface area is 221 Å². The Balaban J connectivity index is 3.01. The predicted molar refractivity (Wildman–Crippen MR) is 148 cm³/mol. The predicted octanol–water partition coefficient (Wildman–Crippen LogP) is 4.30. The highest BCUT2D eigenvalue weighted by molar-refractivity contribution is 5.97. The maximum absolute atomic E-state index is 13.4. The Morgan fingerprint density at radius 1 is 1.22 bits per heavy atom. The summed E-state index contributed by atoms with van der Waals surface area (Å²) in [4.78, 5) is 25.7. The molecule has 1 unspecified atom stereocenters. The Bertz CT molecular complexity index is 995. The standard InChI is InChI=1S/C28H43N5O4/c1-10-13-20(3)32-33(8)19-30-21(4)24(14-11-2)26(34)31-25(18-29-27(35)37-28(5,6)7)22-15-12-16-23(17-22)36-9/h10,12-17,25,30,32H,1,4,11,18-19H2,2-3,5-9H3,(H,29,35)(H,31,34)/b20-13+,24-14+. The van der Waals surface area contributed by atoms with Gasteiger partial charge in [0.2, 0.25) is 0 Å². The third-order valence-corrected chi connectivity index (χ3v) is 4.89. The summed E-state index contributed by atoms with van der Waals surface area (Å²) in [5.41, 5.74) is 5.12. The van der Waals surface area contributed by atoms with Crippen molar-refractivity contribution >= 4 is 12.0 Å². The number of hydrogen-bond acceptors (Lipinski definition) is 7. The number of ether oxygens (including phenoxy) is 2. The molecule has 9 nitrogen and oxygen atoms in total. The number of benzene rings is 1. The van der Waals surface area contributed by atoms with Crippen molar-refractivity contribution in [1.82, 2.24) is 26.4 Å². The molecule has 1 aromatic carbocycles. The second kappa shape index (κ2) is 15.4. The van der Waals surface area contributed by atoms with Crippen molar-refractivity contribution in [3.63, 3.8) is 0 Å². The molecule has 0 saturated carbocycles. The Morgan fingerprint density at radius 3 is 2.51 bits per heavy atom. The van der Waals surface area contributed by atoms with Crippen LogP contribution in [0.3, 0.4) is 0 Å². The molecule has 1 atom stereocenters. The highest BCUT2D eigenvalue weighted by Gasteiger charge is 2.22. The van der Waals surface area contributed by atoms with Gasteiger partial charge in [-0.05, 0) is 57.9 Å². The van der Waals surface area contributed by atoms with Crippen LogP contribution in [0.25, 0.3) is 0 Å². The fourth-order valence-electron chi connectivity index (χ4n) is 3.27. The third-order valence-electron chi connectivity index (χ3n) is 4.89. The van der Waals surface area contributed by atoms with Crippen LogP contribution < -0.4 is 26.1 Å². The lowest BCUT2D eigenvalue weighted by atomic mass is 10.0. The van der Waals surface area contributed by atoms with Crippen LogP contribution in [0, 0.1) is 0 Å². The summed E-state index contributed by atoms with van der Waals surface area (Å²) in [6, 6.07) is 6.78. The first kappa shape index (κ1) is 31.3. The average molecular weight is 514 g/mol. The number of amides is 2. The van der Waals surface area contributed by atoms with Gasteiger partial charge in [0.1, 0.15) is 11.4 Å². The molecule has 37 heavy (non-hydrogen) atoms. The monoisotopic (exact) mass is 513 g/mol. The summed E-state index contributed by atoms with van der Waals surface area (Å²) in [6.45, 7) is 17.5. The van der Waals surface area contributed by atoms with Crippen molar-refractivity contribution in [2.24, 2.45) is 0 Å². The molecule has 1 rings (SSSR count). The van der Waals surface area contributed by atoms with E-state index in [0.717, 1.165) is 11.3 Å². The van der Waals surface area contributed by atoms with Crippen LogP contribution in [0.1, 0.15) is 52.6 Å². The van der Waals surface area contributed by atoms with Crippen molar-refractivity contribution in [3.05, 3.63) is 78.2 Å². The number of carbonyl (C=O) groups is 2. The normalized spacial score (nSPS) is 12.9. The summed E-state index contributed by atoms with van der Waals surface area (Å²) < 4.78 is 10.7. The van der Waals surface area contributed by atoms with E-state index in [1.807, 2.05) is 62.3 Å². The van der Waals surface area contributed by atoms with Gasteiger partial charge in [-0.1, -0.05) is 44.4 Å². The summed E-state index contributed by atoms with van der Waals surface area (Å²) in [6.07, 6.45) is 5.43. The molecule has 0 spiro atoms. The number of hydrazine groups is 1. The molecule has 0 aliphatic carbocycles. The highest BCUT2D eigenvalue weighted by atomic mass is 16.6. The molecule has 0 heterocycles. The molecule has 0 saturated heterocycles. The van der Waals surface area contributed by atoms with E-state index >= 15 is 0 Å². The largest absolute Gasteiger partial charge is 0.497 e. The quantitative estimate of drug-likeness (QED) is 0.127. The number of nitrogens with zero attached hydrogens (tertiary/aromatic N) is 1. The van der Waals surface area contributed by atoms with Crippen LogP contribution in [0.4, 0.5) is 4.79 Å². The van der Waals surface area contributed by atoms with Crippen molar-refractivity contribution in [2.75, 3.05) is 27.4 Å². The lowest BCUT2D eigenvalue weighted by Gasteiger charge is -2.25. The molecule has 1 aromatic rings. The molecule has 0 fully saturated rings. The molecule has 0 aliphatic rings. The fourth-order valence-corrected chi connectivity index (χ4v) is 3.27. The number of methoxy groups -OCH3 is 1. The van der Waals surface area contributed by atoms with Gasteiger partial charge in [0.05, 0.1) is 25.4 Å². The van der Waals surface area contributed by atoms with Crippen molar-refractivity contribution in [3.8, 4) is 5.75 Å². The topological polar surface area (TPSA) is 104 Å². The first-order chi connectivity index (χ1) is 17.4. The van der Waals surface area contributed by atoms with Gasteiger partial charge >= 0.3 is 6.09 Å². The van der Waals surface area contributed by atoms with E-state index in [2.05, 4.69) is 34.5 Å². The van der Waals surface area contributed by atoms with Gasteiger partial charge in [-0.25, -0.2) is 9.80 Å². The van der Waals surface area contributed by atoms with Gasteiger partial charge in [0.15, 0.2) is 0 Å². The third kappa shape index (κ3) is 12.2. The van der Waals surface area contributed by atoms with Crippen molar-refractivity contribution in [2.45, 2.75) is 52.7 Å². The van der Waals surface area contributed by atoms with Crippen LogP contribution in [0.5, 0.6) is 5.75 Å². The van der Waals surface area contributed by atoms with Crippen molar-refractivity contribution < 1.29 is 19.1 Å². The number of nitrogens with one attached hydrogen (secondary N) is 4. The van der Waals surface area contributed by atoms with Crippen LogP contribution in [-0.4, -0.2) is 50.0 Å². The smallest absolute Gasteiger partial charge is 0.407 e. The van der Waals surface area contributed by atoms with Crippen LogP contribution in [0.2, 0.25) is 0 Å². The summed E-state index contributed by atoms with van der Waals surface area (Å²) in [5.74, 6) is 0.317. The van der Waals surface area contributed by atoms with Gasteiger partial charge in [-0.3, -0.25) is 4.79 Å². The minimum absolute atomic E-state index is 0.120. The van der Waals surface area contributed by atoms with Gasteiger partial charge in [0, 0.05) is 25.0 Å². The Hall–Kier alpha value is -3.72. The van der Waals surface area contributed by atoms with Gasteiger partial charge in [-0.2, -0.15) is 0 Å². The lowest BCUT2D eigenvalue weighted by Crippen LogP contribution is -2.42. The van der Waals surface area contributed by atoms with E-state index in [0.29, 0.717) is 30.1 Å². The molecule has 2 amide bonds. The summed E-state index contributed by atoms with van der Waals surface area (Å²) in [7, 11) is 3.44. The first-order valence-corrected chi connectivity index (χ1v) is 12.2. The Morgan fingerprint density at radius 2 is 1.92 bits per heavy atom. The second-order valence-electron chi connectivity index (χ2n) is 9.42. The van der Waals surface area contributed by atoms with Gasteiger partial charge in [-0.15, -0.1) is 0 Å². The van der Waals surface area contributed by atoms with E-state index < -0.39 is 17.7 Å². The highest BCUT2D eigenvalue weighted by Crippen LogP contribution is 2.20. The number of hydrogen-bond donors (Lipinski definition) is 4. The SMILES string of the molecule is C=C/C=C(\C)NN(C)CNC(=C)/C(=C\CC)C(=O)NC(CNC(=O)OC(C)(C)C)c1cccc(OC)c1. The average Bonchev–Trinajstić information content (AvgIpc) is 2.82. The van der Waals surface area contributed by atoms with E-state index in [1.165, 1.54) is 0 Å². The second-order valence-corrected chi connectivity index (χ2v) is 9.42. The summed E-state index contributed by atoms with van der Waals surface area (Å²) in [5, 5.41) is 10.8. The van der Waals surface area contributed by atoms with Gasteiger partial charge < -0.3 is 30.8 Å². The summed E-state index contributed by atoms with van der Waals surface area (Å²) >= 11 is 0. The molecule has 4 N–H and O–H groups in total. The maximum Gasteiger partial charge on any atom is 0.407 e. The van der Waals surface area contributed by atoms with E-state index in [1.54, 1.807) is 34.0 Å². The molecule has 9 heteroatoms.